The van der Waals surface area contributed by atoms with Crippen LogP contribution in [0.4, 0.5) is 0 Å². The minimum atomic E-state index is 0.184. The Hall–Kier alpha value is -2.01. The average molecular weight is 259 g/mol. The fourth-order valence-corrected chi connectivity index (χ4v) is 2.08. The Balaban J connectivity index is 1.64. The van der Waals surface area contributed by atoms with Gasteiger partial charge in [-0.05, 0) is 24.6 Å². The van der Waals surface area contributed by atoms with Crippen LogP contribution in [-0.4, -0.2) is 23.2 Å². The molecule has 0 saturated heterocycles. The summed E-state index contributed by atoms with van der Waals surface area (Å²) in [5.41, 5.74) is 1.17. The second kappa shape index (κ2) is 5.32. The van der Waals surface area contributed by atoms with Crippen LogP contribution in [0, 0.1) is 0 Å². The molecule has 2 heterocycles. The Morgan fingerprint density at radius 1 is 1.32 bits per heavy atom. The molecule has 100 valence electrons. The molecule has 0 saturated carbocycles. The highest BCUT2D eigenvalue weighted by Gasteiger charge is 2.12. The number of nitrogens with one attached hydrogen (secondary N) is 2. The van der Waals surface area contributed by atoms with Gasteiger partial charge in [-0.1, -0.05) is 6.07 Å². The van der Waals surface area contributed by atoms with Crippen molar-refractivity contribution in [3.8, 4) is 11.5 Å². The summed E-state index contributed by atoms with van der Waals surface area (Å²) >= 11 is 0. The van der Waals surface area contributed by atoms with Gasteiger partial charge in [0.1, 0.15) is 19.0 Å². The van der Waals surface area contributed by atoms with Crippen LogP contribution < -0.4 is 14.8 Å². The maximum atomic E-state index is 5.57. The fourth-order valence-electron chi connectivity index (χ4n) is 2.08. The van der Waals surface area contributed by atoms with E-state index in [1.165, 1.54) is 5.56 Å². The van der Waals surface area contributed by atoms with Crippen LogP contribution in [0.5, 0.6) is 11.5 Å². The molecule has 0 aliphatic carbocycles. The Morgan fingerprint density at radius 3 is 2.95 bits per heavy atom. The van der Waals surface area contributed by atoms with E-state index in [0.29, 0.717) is 13.2 Å². The molecule has 1 unspecified atom stereocenters. The third kappa shape index (κ3) is 2.71. The number of rotatable bonds is 4. The van der Waals surface area contributed by atoms with Crippen molar-refractivity contribution < 1.29 is 9.47 Å². The van der Waals surface area contributed by atoms with Crippen LogP contribution in [0.3, 0.4) is 0 Å². The van der Waals surface area contributed by atoms with E-state index in [2.05, 4.69) is 28.3 Å². The number of aromatic amines is 1. The standard InChI is InChI=1S/C14H17N3O2/c1-10(14-15-4-5-16-14)17-9-11-2-3-12-13(8-11)19-7-6-18-12/h2-5,8,10,17H,6-7,9H2,1H3,(H,15,16). The summed E-state index contributed by atoms with van der Waals surface area (Å²) in [4.78, 5) is 7.34. The molecule has 0 radical (unpaired) electrons. The maximum Gasteiger partial charge on any atom is 0.161 e. The third-order valence-electron chi connectivity index (χ3n) is 3.15. The molecule has 2 aromatic rings. The summed E-state index contributed by atoms with van der Waals surface area (Å²) < 4.78 is 11.1. The zero-order valence-corrected chi connectivity index (χ0v) is 10.8. The van der Waals surface area contributed by atoms with Crippen LogP contribution in [0.1, 0.15) is 24.4 Å². The molecule has 0 bridgehead atoms. The van der Waals surface area contributed by atoms with Gasteiger partial charge in [-0.15, -0.1) is 0 Å². The van der Waals surface area contributed by atoms with Crippen LogP contribution in [-0.2, 0) is 6.54 Å². The monoisotopic (exact) mass is 259 g/mol. The summed E-state index contributed by atoms with van der Waals surface area (Å²) in [6.45, 7) is 4.09. The molecular formula is C14H17N3O2. The van der Waals surface area contributed by atoms with E-state index < -0.39 is 0 Å². The Kier molecular flexibility index (Phi) is 3.37. The Labute approximate surface area is 112 Å². The summed E-state index contributed by atoms with van der Waals surface area (Å²) in [6.07, 6.45) is 3.59. The van der Waals surface area contributed by atoms with Gasteiger partial charge in [0.25, 0.3) is 0 Å². The number of imidazole rings is 1. The quantitative estimate of drug-likeness (QED) is 0.882. The van der Waals surface area contributed by atoms with Crippen LogP contribution in [0.15, 0.2) is 30.6 Å². The average Bonchev–Trinajstić information content (AvgIpc) is 2.99. The number of nitrogens with zero attached hydrogens (tertiary/aromatic N) is 1. The highest BCUT2D eigenvalue weighted by molar-refractivity contribution is 5.43. The predicted molar refractivity (Wildman–Crippen MR) is 71.3 cm³/mol. The zero-order valence-electron chi connectivity index (χ0n) is 10.8. The van der Waals surface area contributed by atoms with Gasteiger partial charge in [0.05, 0.1) is 6.04 Å². The SMILES string of the molecule is CC(NCc1ccc2c(c1)OCCO2)c1ncc[nH]1. The molecule has 19 heavy (non-hydrogen) atoms. The molecule has 5 nitrogen and oxygen atoms in total. The lowest BCUT2D eigenvalue weighted by Gasteiger charge is -2.19. The highest BCUT2D eigenvalue weighted by Crippen LogP contribution is 2.30. The van der Waals surface area contributed by atoms with Gasteiger partial charge in [-0.3, -0.25) is 0 Å². The Morgan fingerprint density at radius 2 is 2.16 bits per heavy atom. The van der Waals surface area contributed by atoms with Crippen LogP contribution in [0.2, 0.25) is 0 Å². The van der Waals surface area contributed by atoms with E-state index in [4.69, 9.17) is 9.47 Å². The lowest BCUT2D eigenvalue weighted by Crippen LogP contribution is -2.20. The van der Waals surface area contributed by atoms with E-state index in [1.807, 2.05) is 18.3 Å². The van der Waals surface area contributed by atoms with Gasteiger partial charge in [0, 0.05) is 18.9 Å². The minimum Gasteiger partial charge on any atom is -0.486 e. The van der Waals surface area contributed by atoms with Crippen molar-refractivity contribution in [2.24, 2.45) is 0 Å². The topological polar surface area (TPSA) is 59.2 Å². The molecule has 1 aliphatic heterocycles. The van der Waals surface area contributed by atoms with Gasteiger partial charge in [0.2, 0.25) is 0 Å². The zero-order chi connectivity index (χ0) is 13.1. The summed E-state index contributed by atoms with van der Waals surface area (Å²) in [5.74, 6) is 2.60. The number of H-pyrrole nitrogens is 1. The molecular weight excluding hydrogens is 242 g/mol. The smallest absolute Gasteiger partial charge is 0.161 e. The molecule has 5 heteroatoms. The van der Waals surface area contributed by atoms with Crippen molar-refractivity contribution in [1.29, 1.82) is 0 Å². The highest BCUT2D eigenvalue weighted by atomic mass is 16.6. The Bertz CT molecular complexity index is 540. The van der Waals surface area contributed by atoms with E-state index in [1.54, 1.807) is 6.20 Å². The number of fused-ring (bicyclic) bond motifs is 1. The maximum absolute atomic E-state index is 5.57. The van der Waals surface area contributed by atoms with E-state index in [0.717, 1.165) is 23.9 Å². The second-order valence-corrected chi connectivity index (χ2v) is 4.56. The van der Waals surface area contributed by atoms with E-state index in [9.17, 15) is 0 Å². The van der Waals surface area contributed by atoms with Gasteiger partial charge < -0.3 is 19.8 Å². The summed E-state index contributed by atoms with van der Waals surface area (Å²) in [5, 5.41) is 3.42. The molecule has 1 aromatic heterocycles. The molecule has 1 aromatic carbocycles. The largest absolute Gasteiger partial charge is 0.486 e. The fraction of sp³-hybridized carbons (Fsp3) is 0.357. The molecule has 3 rings (SSSR count). The first-order chi connectivity index (χ1) is 9.33. The van der Waals surface area contributed by atoms with Crippen molar-refractivity contribution >= 4 is 0 Å². The first-order valence-electron chi connectivity index (χ1n) is 6.44. The van der Waals surface area contributed by atoms with Crippen molar-refractivity contribution in [1.82, 2.24) is 15.3 Å². The number of benzene rings is 1. The summed E-state index contributed by atoms with van der Waals surface area (Å²) in [7, 11) is 0. The van der Waals surface area contributed by atoms with Crippen LogP contribution in [0.25, 0.3) is 0 Å². The van der Waals surface area contributed by atoms with Crippen molar-refractivity contribution in [2.45, 2.75) is 19.5 Å². The summed E-state index contributed by atoms with van der Waals surface area (Å²) in [6, 6.07) is 6.22. The third-order valence-corrected chi connectivity index (χ3v) is 3.15. The molecule has 1 atom stereocenters. The number of aromatic nitrogens is 2. The second-order valence-electron chi connectivity index (χ2n) is 4.56. The molecule has 0 amide bonds. The first-order valence-corrected chi connectivity index (χ1v) is 6.44. The number of hydrogen-bond donors (Lipinski definition) is 2. The van der Waals surface area contributed by atoms with E-state index in [-0.39, 0.29) is 6.04 Å². The van der Waals surface area contributed by atoms with Gasteiger partial charge in [-0.25, -0.2) is 4.98 Å². The number of hydrogen-bond acceptors (Lipinski definition) is 4. The molecule has 1 aliphatic rings. The molecule has 0 fully saturated rings. The van der Waals surface area contributed by atoms with Crippen molar-refractivity contribution in [3.05, 3.63) is 42.0 Å². The lowest BCUT2D eigenvalue weighted by molar-refractivity contribution is 0.171. The van der Waals surface area contributed by atoms with Crippen molar-refractivity contribution in [3.63, 3.8) is 0 Å². The van der Waals surface area contributed by atoms with Gasteiger partial charge in [0.15, 0.2) is 11.5 Å². The lowest BCUT2D eigenvalue weighted by atomic mass is 10.2. The molecule has 0 spiro atoms. The van der Waals surface area contributed by atoms with Gasteiger partial charge in [-0.2, -0.15) is 0 Å². The first kappa shape index (κ1) is 12.0. The molecule has 2 N–H and O–H groups in total. The van der Waals surface area contributed by atoms with Gasteiger partial charge >= 0.3 is 0 Å². The predicted octanol–water partition coefficient (Wildman–Crippen LogP) is 2.03. The normalized spacial score (nSPS) is 15.2. The minimum absolute atomic E-state index is 0.184. The van der Waals surface area contributed by atoms with E-state index >= 15 is 0 Å². The van der Waals surface area contributed by atoms with Crippen molar-refractivity contribution in [2.75, 3.05) is 13.2 Å². The van der Waals surface area contributed by atoms with Crippen LogP contribution >= 0.6 is 0 Å². The number of ether oxygens (including phenoxy) is 2.